The van der Waals surface area contributed by atoms with E-state index < -0.39 is 13.9 Å². The molecular formula is C42H84NO7P. The fraction of sp³-hybridized carbons (Fsp3) is 0.929. The highest BCUT2D eigenvalue weighted by Crippen LogP contribution is 2.38. The van der Waals surface area contributed by atoms with Crippen LogP contribution in [0.4, 0.5) is 0 Å². The van der Waals surface area contributed by atoms with Crippen molar-refractivity contribution >= 4 is 13.8 Å². The lowest BCUT2D eigenvalue weighted by molar-refractivity contribution is -0.870. The van der Waals surface area contributed by atoms with Crippen molar-refractivity contribution in [3.8, 4) is 0 Å². The van der Waals surface area contributed by atoms with E-state index >= 15 is 0 Å². The van der Waals surface area contributed by atoms with Crippen LogP contribution < -0.4 is 4.89 Å². The Morgan fingerprint density at radius 2 is 1.02 bits per heavy atom. The molecule has 51 heavy (non-hydrogen) atoms. The molecule has 0 amide bonds. The highest BCUT2D eigenvalue weighted by Gasteiger charge is 2.20. The average Bonchev–Trinajstić information content (AvgIpc) is 3.08. The molecule has 0 radical (unpaired) electrons. The molecule has 0 aliphatic rings. The first-order valence-electron chi connectivity index (χ1n) is 21.4. The van der Waals surface area contributed by atoms with Gasteiger partial charge < -0.3 is 27.9 Å². The molecule has 0 rings (SSSR count). The summed E-state index contributed by atoms with van der Waals surface area (Å²) in [5.74, 6) is -0.380. The predicted molar refractivity (Wildman–Crippen MR) is 213 cm³/mol. The molecule has 0 spiro atoms. The van der Waals surface area contributed by atoms with Crippen LogP contribution in [0.5, 0.6) is 0 Å². The molecule has 0 saturated carbocycles. The normalized spacial score (nSPS) is 13.9. The van der Waals surface area contributed by atoms with Gasteiger partial charge in [0.25, 0.3) is 7.82 Å². The van der Waals surface area contributed by atoms with E-state index in [1.165, 1.54) is 148 Å². The van der Waals surface area contributed by atoms with Crippen molar-refractivity contribution < 1.29 is 37.3 Å². The van der Waals surface area contributed by atoms with Crippen LogP contribution in [-0.2, 0) is 27.9 Å². The minimum Gasteiger partial charge on any atom is -0.756 e. The molecule has 0 aliphatic heterocycles. The van der Waals surface area contributed by atoms with Gasteiger partial charge in [-0.25, -0.2) is 0 Å². The van der Waals surface area contributed by atoms with E-state index in [0.717, 1.165) is 19.3 Å². The zero-order valence-corrected chi connectivity index (χ0v) is 35.2. The Morgan fingerprint density at radius 3 is 1.49 bits per heavy atom. The minimum absolute atomic E-state index is 0.0237. The van der Waals surface area contributed by atoms with Crippen LogP contribution in [-0.4, -0.2) is 70.7 Å². The number of ether oxygens (including phenoxy) is 2. The highest BCUT2D eigenvalue weighted by atomic mass is 31.2. The van der Waals surface area contributed by atoms with Crippen molar-refractivity contribution in [3.05, 3.63) is 12.2 Å². The molecule has 0 aromatic rings. The molecule has 0 fully saturated rings. The van der Waals surface area contributed by atoms with E-state index in [1.807, 2.05) is 27.2 Å². The first kappa shape index (κ1) is 50.2. The quantitative estimate of drug-likeness (QED) is 0.0203. The van der Waals surface area contributed by atoms with Gasteiger partial charge in [-0.3, -0.25) is 9.36 Å². The number of rotatable bonds is 40. The summed E-state index contributed by atoms with van der Waals surface area (Å²) in [5.41, 5.74) is 0. The molecule has 0 aliphatic carbocycles. The van der Waals surface area contributed by atoms with Crippen LogP contribution in [0.1, 0.15) is 194 Å². The second-order valence-corrected chi connectivity index (χ2v) is 17.1. The maximum atomic E-state index is 12.6. The fourth-order valence-corrected chi connectivity index (χ4v) is 6.70. The van der Waals surface area contributed by atoms with Crippen LogP contribution in [0.25, 0.3) is 0 Å². The Kier molecular flexibility index (Phi) is 35.7. The van der Waals surface area contributed by atoms with Crippen molar-refractivity contribution in [1.82, 2.24) is 0 Å². The average molecular weight is 746 g/mol. The Morgan fingerprint density at radius 1 is 0.588 bits per heavy atom. The van der Waals surface area contributed by atoms with Crippen LogP contribution in [0.2, 0.25) is 0 Å². The van der Waals surface area contributed by atoms with Crippen LogP contribution in [0.15, 0.2) is 12.2 Å². The molecule has 0 saturated heterocycles. The molecule has 8 nitrogen and oxygen atoms in total. The monoisotopic (exact) mass is 746 g/mol. The SMILES string of the molecule is CCCCCCCCCCCCC/C=C\CCC(=O)OC(COCCCCCCCCCCCCCCCC)COP(=O)([O-])OCC[N+](C)(C)C. The summed E-state index contributed by atoms with van der Waals surface area (Å²) >= 11 is 0. The third-order valence-electron chi connectivity index (χ3n) is 9.33. The number of nitrogens with zero attached hydrogens (tertiary/aromatic N) is 1. The van der Waals surface area contributed by atoms with Gasteiger partial charge in [-0.05, 0) is 25.7 Å². The first-order valence-corrected chi connectivity index (χ1v) is 22.9. The number of phosphoric acid groups is 1. The lowest BCUT2D eigenvalue weighted by Gasteiger charge is -2.28. The second-order valence-electron chi connectivity index (χ2n) is 15.7. The van der Waals surface area contributed by atoms with E-state index in [4.69, 9.17) is 18.5 Å². The van der Waals surface area contributed by atoms with Crippen LogP contribution >= 0.6 is 7.82 Å². The molecule has 0 aromatic carbocycles. The van der Waals surface area contributed by atoms with Gasteiger partial charge in [-0.15, -0.1) is 0 Å². The van der Waals surface area contributed by atoms with E-state index in [0.29, 0.717) is 24.1 Å². The molecule has 0 aromatic heterocycles. The highest BCUT2D eigenvalue weighted by molar-refractivity contribution is 7.45. The lowest BCUT2D eigenvalue weighted by Crippen LogP contribution is -2.37. The molecule has 0 N–H and O–H groups in total. The van der Waals surface area contributed by atoms with Crippen molar-refractivity contribution in [2.24, 2.45) is 0 Å². The number of likely N-dealkylation sites (N-methyl/N-ethyl adjacent to an activating group) is 1. The van der Waals surface area contributed by atoms with E-state index in [2.05, 4.69) is 19.9 Å². The van der Waals surface area contributed by atoms with E-state index in [-0.39, 0.29) is 32.2 Å². The Bertz CT molecular complexity index is 833. The molecule has 0 heterocycles. The number of phosphoric ester groups is 1. The lowest BCUT2D eigenvalue weighted by atomic mass is 10.0. The number of unbranched alkanes of at least 4 members (excludes halogenated alkanes) is 24. The number of quaternary nitrogens is 1. The predicted octanol–water partition coefficient (Wildman–Crippen LogP) is 11.6. The third kappa shape index (κ3) is 40.3. The van der Waals surface area contributed by atoms with Crippen molar-refractivity contribution in [1.29, 1.82) is 0 Å². The summed E-state index contributed by atoms with van der Waals surface area (Å²) in [6.45, 7) is 5.39. The Balaban J connectivity index is 4.27. The van der Waals surface area contributed by atoms with Crippen molar-refractivity contribution in [3.63, 3.8) is 0 Å². The summed E-state index contributed by atoms with van der Waals surface area (Å²) in [7, 11) is 1.35. The number of hydrogen-bond acceptors (Lipinski definition) is 7. The summed E-state index contributed by atoms with van der Waals surface area (Å²) in [4.78, 5) is 25.0. The topological polar surface area (TPSA) is 94.1 Å². The summed E-state index contributed by atoms with van der Waals surface area (Å²) in [6.07, 6.45) is 38.0. The van der Waals surface area contributed by atoms with Gasteiger partial charge in [0.1, 0.15) is 19.3 Å². The summed E-state index contributed by atoms with van der Waals surface area (Å²) in [6, 6.07) is 0. The standard InChI is InChI=1S/C42H84NO7P/c1-6-8-10-12-14-16-18-20-22-23-25-27-29-31-33-35-42(44)50-41(40-49-51(45,46)48-38-36-43(3,4)5)39-47-37-34-32-30-28-26-24-21-19-17-15-13-11-9-7-2/h29,31,41H,6-28,30,32-40H2,1-5H3/b31-29-. The van der Waals surface area contributed by atoms with Gasteiger partial charge in [-0.2, -0.15) is 0 Å². The molecule has 304 valence electrons. The van der Waals surface area contributed by atoms with Gasteiger partial charge in [0.05, 0.1) is 34.4 Å². The molecule has 0 bridgehead atoms. The first-order chi connectivity index (χ1) is 24.6. The van der Waals surface area contributed by atoms with Gasteiger partial charge in [0.2, 0.25) is 0 Å². The maximum Gasteiger partial charge on any atom is 0.306 e. The van der Waals surface area contributed by atoms with Gasteiger partial charge in [0, 0.05) is 13.0 Å². The van der Waals surface area contributed by atoms with Crippen LogP contribution in [0.3, 0.4) is 0 Å². The molecular weight excluding hydrogens is 661 g/mol. The largest absolute Gasteiger partial charge is 0.756 e. The molecule has 2 atom stereocenters. The number of hydrogen-bond donors (Lipinski definition) is 0. The van der Waals surface area contributed by atoms with Gasteiger partial charge in [0.15, 0.2) is 0 Å². The van der Waals surface area contributed by atoms with Crippen LogP contribution in [0, 0.1) is 0 Å². The zero-order valence-electron chi connectivity index (χ0n) is 34.3. The van der Waals surface area contributed by atoms with E-state index in [1.54, 1.807) is 0 Å². The van der Waals surface area contributed by atoms with Crippen molar-refractivity contribution in [2.75, 3.05) is 54.1 Å². The van der Waals surface area contributed by atoms with Gasteiger partial charge >= 0.3 is 5.97 Å². The maximum absolute atomic E-state index is 12.6. The number of carbonyl (C=O) groups excluding carboxylic acids is 1. The minimum atomic E-state index is -4.52. The third-order valence-corrected chi connectivity index (χ3v) is 10.3. The molecule has 2 unspecified atom stereocenters. The summed E-state index contributed by atoms with van der Waals surface area (Å²) < 4.78 is 34.5. The summed E-state index contributed by atoms with van der Waals surface area (Å²) in [5, 5.41) is 0. The van der Waals surface area contributed by atoms with Crippen molar-refractivity contribution in [2.45, 2.75) is 200 Å². The molecule has 9 heteroatoms. The Hall–Kier alpha value is -0.760. The fourth-order valence-electron chi connectivity index (χ4n) is 5.98. The van der Waals surface area contributed by atoms with Gasteiger partial charge in [-0.1, -0.05) is 174 Å². The number of carbonyl (C=O) groups is 1. The van der Waals surface area contributed by atoms with E-state index in [9.17, 15) is 14.3 Å². The second kappa shape index (κ2) is 36.2. The number of esters is 1. The zero-order chi connectivity index (χ0) is 37.7. The smallest absolute Gasteiger partial charge is 0.306 e. The Labute approximate surface area is 316 Å². The number of allylic oxidation sites excluding steroid dienone is 2.